The fourth-order valence-electron chi connectivity index (χ4n) is 3.10. The van der Waals surface area contributed by atoms with Gasteiger partial charge in [0, 0.05) is 32.0 Å². The predicted octanol–water partition coefficient (Wildman–Crippen LogP) is 1.56. The summed E-state index contributed by atoms with van der Waals surface area (Å²) < 4.78 is 19.0. The third-order valence-corrected chi connectivity index (χ3v) is 4.19. The van der Waals surface area contributed by atoms with E-state index in [1.165, 1.54) is 5.56 Å². The quantitative estimate of drug-likeness (QED) is 0.857. The second-order valence-corrected chi connectivity index (χ2v) is 5.93. The van der Waals surface area contributed by atoms with E-state index < -0.39 is 0 Å². The minimum atomic E-state index is 0.181. The molecule has 0 aliphatic carbocycles. The summed E-state index contributed by atoms with van der Waals surface area (Å²) in [4.78, 5) is 2.42. The summed E-state index contributed by atoms with van der Waals surface area (Å²) in [6, 6.07) is 8.15. The highest BCUT2D eigenvalue weighted by molar-refractivity contribution is 5.43. The van der Waals surface area contributed by atoms with Gasteiger partial charge in [-0.2, -0.15) is 5.10 Å². The number of morpholine rings is 1. The number of hydrogen-bond donors (Lipinski definition) is 0. The van der Waals surface area contributed by atoms with E-state index in [1.54, 1.807) is 6.20 Å². The topological polar surface area (TPSA) is 48.8 Å². The molecule has 1 aromatic carbocycles. The Kier molecular flexibility index (Phi) is 4.17. The first-order valence-electron chi connectivity index (χ1n) is 8.07. The van der Waals surface area contributed by atoms with Crippen molar-refractivity contribution in [2.45, 2.75) is 19.2 Å². The third-order valence-electron chi connectivity index (χ3n) is 4.19. The number of nitrogens with zero attached hydrogens (tertiary/aromatic N) is 3. The van der Waals surface area contributed by atoms with Gasteiger partial charge in [0.2, 0.25) is 0 Å². The van der Waals surface area contributed by atoms with Crippen LogP contribution in [-0.2, 0) is 17.8 Å². The van der Waals surface area contributed by atoms with Gasteiger partial charge in [0.05, 0.1) is 19.3 Å². The summed E-state index contributed by atoms with van der Waals surface area (Å²) in [5, 5.41) is 4.26. The molecule has 0 spiro atoms. The summed E-state index contributed by atoms with van der Waals surface area (Å²) in [7, 11) is 0. The monoisotopic (exact) mass is 315 g/mol. The smallest absolute Gasteiger partial charge is 0.161 e. The van der Waals surface area contributed by atoms with Crippen molar-refractivity contribution >= 4 is 0 Å². The van der Waals surface area contributed by atoms with Crippen molar-refractivity contribution in [1.29, 1.82) is 0 Å². The van der Waals surface area contributed by atoms with Gasteiger partial charge in [0.1, 0.15) is 13.2 Å². The largest absolute Gasteiger partial charge is 0.486 e. The summed E-state index contributed by atoms with van der Waals surface area (Å²) in [5.74, 6) is 1.70. The van der Waals surface area contributed by atoms with Crippen LogP contribution in [0.25, 0.3) is 0 Å². The van der Waals surface area contributed by atoms with Gasteiger partial charge in [-0.3, -0.25) is 9.58 Å². The molecule has 0 N–H and O–H groups in total. The summed E-state index contributed by atoms with van der Waals surface area (Å²) in [6.07, 6.45) is 3.96. The number of benzene rings is 1. The average molecular weight is 315 g/mol. The minimum Gasteiger partial charge on any atom is -0.486 e. The fourth-order valence-corrected chi connectivity index (χ4v) is 3.10. The zero-order valence-corrected chi connectivity index (χ0v) is 13.1. The molecule has 1 aromatic heterocycles. The van der Waals surface area contributed by atoms with Crippen LogP contribution in [0.1, 0.15) is 5.56 Å². The molecule has 2 aromatic rings. The van der Waals surface area contributed by atoms with Crippen LogP contribution in [0.4, 0.5) is 0 Å². The van der Waals surface area contributed by atoms with Gasteiger partial charge in [0.25, 0.3) is 0 Å². The Labute approximate surface area is 135 Å². The molecule has 23 heavy (non-hydrogen) atoms. The Morgan fingerprint density at radius 3 is 2.91 bits per heavy atom. The maximum atomic E-state index is 5.86. The van der Waals surface area contributed by atoms with E-state index in [0.717, 1.165) is 44.3 Å². The van der Waals surface area contributed by atoms with Crippen LogP contribution in [-0.4, -0.2) is 53.7 Å². The number of hydrogen-bond acceptors (Lipinski definition) is 5. The van der Waals surface area contributed by atoms with Crippen molar-refractivity contribution in [2.75, 3.05) is 32.9 Å². The highest BCUT2D eigenvalue weighted by Gasteiger charge is 2.21. The summed E-state index contributed by atoms with van der Waals surface area (Å²) in [6.45, 7) is 5.57. The lowest BCUT2D eigenvalue weighted by Crippen LogP contribution is -2.43. The first kappa shape index (κ1) is 14.5. The van der Waals surface area contributed by atoms with Gasteiger partial charge < -0.3 is 14.2 Å². The molecule has 0 amide bonds. The van der Waals surface area contributed by atoms with Crippen molar-refractivity contribution in [3.63, 3.8) is 0 Å². The molecule has 1 atom stereocenters. The number of aromatic nitrogens is 2. The highest BCUT2D eigenvalue weighted by atomic mass is 16.6. The predicted molar refractivity (Wildman–Crippen MR) is 84.7 cm³/mol. The van der Waals surface area contributed by atoms with Gasteiger partial charge in [-0.1, -0.05) is 6.07 Å². The average Bonchev–Trinajstić information content (AvgIpc) is 3.08. The highest BCUT2D eigenvalue weighted by Crippen LogP contribution is 2.31. The first-order valence-corrected chi connectivity index (χ1v) is 8.07. The molecule has 6 nitrogen and oxygen atoms in total. The van der Waals surface area contributed by atoms with Crippen molar-refractivity contribution < 1.29 is 14.2 Å². The third kappa shape index (κ3) is 3.48. The van der Waals surface area contributed by atoms with Crippen LogP contribution < -0.4 is 9.47 Å². The second-order valence-electron chi connectivity index (χ2n) is 5.93. The van der Waals surface area contributed by atoms with Crippen molar-refractivity contribution in [3.05, 3.63) is 42.2 Å². The maximum absolute atomic E-state index is 5.86. The summed E-state index contributed by atoms with van der Waals surface area (Å²) in [5.41, 5.74) is 1.24. The van der Waals surface area contributed by atoms with Crippen LogP contribution in [0.3, 0.4) is 0 Å². The molecule has 122 valence electrons. The molecule has 3 heterocycles. The molecule has 0 bridgehead atoms. The number of fused-ring (bicyclic) bond motifs is 1. The Balaban J connectivity index is 1.38. The van der Waals surface area contributed by atoms with Crippen molar-refractivity contribution in [2.24, 2.45) is 0 Å². The van der Waals surface area contributed by atoms with Gasteiger partial charge in [-0.15, -0.1) is 0 Å². The van der Waals surface area contributed by atoms with Gasteiger partial charge in [-0.25, -0.2) is 0 Å². The Hall–Kier alpha value is -2.05. The van der Waals surface area contributed by atoms with Gasteiger partial charge in [-0.05, 0) is 23.8 Å². The maximum Gasteiger partial charge on any atom is 0.161 e. The lowest BCUT2D eigenvalue weighted by atomic mass is 10.1. The minimum absolute atomic E-state index is 0.181. The molecule has 0 unspecified atom stereocenters. The lowest BCUT2D eigenvalue weighted by Gasteiger charge is -2.33. The van der Waals surface area contributed by atoms with Crippen LogP contribution in [0.5, 0.6) is 11.5 Å². The van der Waals surface area contributed by atoms with Crippen molar-refractivity contribution in [1.82, 2.24) is 14.7 Å². The molecule has 0 saturated carbocycles. The van der Waals surface area contributed by atoms with Crippen molar-refractivity contribution in [3.8, 4) is 11.5 Å². The van der Waals surface area contributed by atoms with E-state index in [9.17, 15) is 0 Å². The summed E-state index contributed by atoms with van der Waals surface area (Å²) >= 11 is 0. The number of rotatable bonds is 4. The number of ether oxygens (including phenoxy) is 3. The molecule has 1 fully saturated rings. The molecule has 0 radical (unpaired) electrons. The van der Waals surface area contributed by atoms with Gasteiger partial charge >= 0.3 is 0 Å². The normalized spacial score (nSPS) is 21.3. The molecular weight excluding hydrogens is 294 g/mol. The molecule has 1 saturated heterocycles. The standard InChI is InChI=1S/C17H21N3O3/c1-4-18-20(5-1)13-15-12-19(6-7-21-15)11-14-2-3-16-17(10-14)23-9-8-22-16/h1-5,10,15H,6-9,11-13H2/t15-/m0/s1. The Bertz CT molecular complexity index is 645. The van der Waals surface area contributed by atoms with Crippen LogP contribution in [0, 0.1) is 0 Å². The second kappa shape index (κ2) is 6.60. The van der Waals surface area contributed by atoms with Gasteiger partial charge in [0.15, 0.2) is 11.5 Å². The zero-order valence-electron chi connectivity index (χ0n) is 13.1. The molecule has 2 aliphatic heterocycles. The molecule has 2 aliphatic rings. The Morgan fingerprint density at radius 1 is 1.13 bits per heavy atom. The zero-order chi connectivity index (χ0) is 15.5. The van der Waals surface area contributed by atoms with E-state index in [1.807, 2.05) is 23.0 Å². The van der Waals surface area contributed by atoms with Crippen LogP contribution >= 0.6 is 0 Å². The molecular formula is C17H21N3O3. The first-order chi connectivity index (χ1) is 11.4. The van der Waals surface area contributed by atoms with E-state index in [0.29, 0.717) is 13.2 Å². The van der Waals surface area contributed by atoms with E-state index in [2.05, 4.69) is 22.1 Å². The molecule has 6 heteroatoms. The fraction of sp³-hybridized carbons (Fsp3) is 0.471. The molecule has 4 rings (SSSR count). The van der Waals surface area contributed by atoms with E-state index in [4.69, 9.17) is 14.2 Å². The van der Waals surface area contributed by atoms with E-state index in [-0.39, 0.29) is 6.10 Å². The van der Waals surface area contributed by atoms with Crippen LogP contribution in [0.15, 0.2) is 36.7 Å². The van der Waals surface area contributed by atoms with E-state index >= 15 is 0 Å². The lowest BCUT2D eigenvalue weighted by molar-refractivity contribution is -0.0402. The van der Waals surface area contributed by atoms with Crippen LogP contribution in [0.2, 0.25) is 0 Å². The Morgan fingerprint density at radius 2 is 2.04 bits per heavy atom. The SMILES string of the molecule is c1cnn(C[C@@H]2CN(Cc3ccc4c(c3)OCCO4)CCO2)c1.